The molecule has 0 unspecified atom stereocenters. The van der Waals surface area contributed by atoms with Crippen LogP contribution in [-0.4, -0.2) is 42.8 Å². The highest BCUT2D eigenvalue weighted by Gasteiger charge is 2.33. The second kappa shape index (κ2) is 12.1. The Bertz CT molecular complexity index is 1310. The minimum absolute atomic E-state index is 0.119. The smallest absolute Gasteiger partial charge is 0.343 e. The van der Waals surface area contributed by atoms with Crippen LogP contribution in [0.1, 0.15) is 11.1 Å². The maximum Gasteiger partial charge on any atom is 0.343 e. The van der Waals surface area contributed by atoms with Crippen molar-refractivity contribution in [2.24, 2.45) is 4.99 Å². The summed E-state index contributed by atoms with van der Waals surface area (Å²) in [5.41, 5.74) is 2.58. The molecule has 1 aliphatic rings. The Morgan fingerprint density at radius 2 is 1.81 bits per heavy atom. The van der Waals surface area contributed by atoms with Crippen LogP contribution >= 0.6 is 34.4 Å². The summed E-state index contributed by atoms with van der Waals surface area (Å²) < 4.78 is 16.2. The molecule has 1 saturated heterocycles. The Morgan fingerprint density at radius 1 is 1.06 bits per heavy atom. The largest absolute Gasteiger partial charge is 0.497 e. The van der Waals surface area contributed by atoms with Crippen LogP contribution in [0.15, 0.2) is 82.7 Å². The number of esters is 1. The first-order valence-electron chi connectivity index (χ1n) is 10.9. The normalized spacial score (nSPS) is 15.4. The van der Waals surface area contributed by atoms with Crippen LogP contribution in [0.4, 0.5) is 5.69 Å². The second-order valence-electron chi connectivity index (χ2n) is 7.63. The van der Waals surface area contributed by atoms with Gasteiger partial charge in [0.2, 0.25) is 0 Å². The predicted octanol–water partition coefficient (Wildman–Crippen LogP) is 5.66. The fourth-order valence-corrected chi connectivity index (χ4v) is 5.02. The third-order valence-electron chi connectivity index (χ3n) is 5.20. The average Bonchev–Trinajstić information content (AvgIpc) is 3.17. The third-order valence-corrected chi connectivity index (χ3v) is 7.05. The lowest BCUT2D eigenvalue weighted by Gasteiger charge is -2.16. The Kier molecular flexibility index (Phi) is 8.65. The van der Waals surface area contributed by atoms with E-state index in [-0.39, 0.29) is 12.5 Å². The molecule has 1 aliphatic heterocycles. The molecular weight excluding hydrogens is 591 g/mol. The van der Waals surface area contributed by atoms with Gasteiger partial charge in [0.15, 0.2) is 11.8 Å². The number of nitrogens with zero attached hydrogens (tertiary/aromatic N) is 2. The SMILES string of the molecule is COC(=O)COc1ccc(/C=C2\SC(=Nc3ccccc3)N(Cc3ccc(OC)cc3)C2=O)cc1I. The minimum Gasteiger partial charge on any atom is -0.497 e. The fraction of sp³-hybridized carbons (Fsp3) is 0.148. The number of hydrogen-bond acceptors (Lipinski definition) is 7. The van der Waals surface area contributed by atoms with E-state index in [9.17, 15) is 9.59 Å². The molecule has 7 nitrogen and oxygen atoms in total. The molecule has 1 amide bonds. The van der Waals surface area contributed by atoms with E-state index in [4.69, 9.17) is 14.5 Å². The first-order chi connectivity index (χ1) is 17.5. The maximum atomic E-state index is 13.5. The number of halogens is 1. The van der Waals surface area contributed by atoms with Crippen LogP contribution in [0.2, 0.25) is 0 Å². The van der Waals surface area contributed by atoms with Crippen LogP contribution in [0.5, 0.6) is 11.5 Å². The topological polar surface area (TPSA) is 77.4 Å². The number of amides is 1. The average molecular weight is 614 g/mol. The summed E-state index contributed by atoms with van der Waals surface area (Å²) in [6.45, 7) is 0.220. The van der Waals surface area contributed by atoms with Crippen molar-refractivity contribution < 1.29 is 23.8 Å². The zero-order chi connectivity index (χ0) is 25.5. The van der Waals surface area contributed by atoms with E-state index >= 15 is 0 Å². The molecule has 4 rings (SSSR count). The van der Waals surface area contributed by atoms with E-state index in [0.29, 0.717) is 22.4 Å². The molecule has 0 atom stereocenters. The number of benzene rings is 3. The molecule has 9 heteroatoms. The van der Waals surface area contributed by atoms with Crippen molar-refractivity contribution in [1.82, 2.24) is 4.90 Å². The first kappa shape index (κ1) is 25.8. The lowest BCUT2D eigenvalue weighted by Crippen LogP contribution is -2.28. The van der Waals surface area contributed by atoms with E-state index in [1.165, 1.54) is 18.9 Å². The number of hydrogen-bond donors (Lipinski definition) is 0. The summed E-state index contributed by atoms with van der Waals surface area (Å²) in [5, 5.41) is 0.612. The highest BCUT2D eigenvalue weighted by atomic mass is 127. The first-order valence-corrected chi connectivity index (χ1v) is 12.8. The number of amidine groups is 1. The Hall–Kier alpha value is -3.31. The molecule has 0 N–H and O–H groups in total. The second-order valence-corrected chi connectivity index (χ2v) is 9.81. The molecule has 0 aliphatic carbocycles. The van der Waals surface area contributed by atoms with Crippen molar-refractivity contribution in [3.05, 3.63) is 92.4 Å². The van der Waals surface area contributed by atoms with Gasteiger partial charge in [0.05, 0.1) is 34.9 Å². The van der Waals surface area contributed by atoms with Gasteiger partial charge >= 0.3 is 5.97 Å². The van der Waals surface area contributed by atoms with Crippen molar-refractivity contribution in [1.29, 1.82) is 0 Å². The Balaban J connectivity index is 1.60. The summed E-state index contributed by atoms with van der Waals surface area (Å²) >= 11 is 3.48. The number of aliphatic imine (C=N–C) groups is 1. The van der Waals surface area contributed by atoms with Gasteiger partial charge in [-0.3, -0.25) is 9.69 Å². The monoisotopic (exact) mass is 614 g/mol. The molecule has 0 saturated carbocycles. The number of rotatable bonds is 8. The highest BCUT2D eigenvalue weighted by molar-refractivity contribution is 14.1. The van der Waals surface area contributed by atoms with Gasteiger partial charge in [0, 0.05) is 0 Å². The lowest BCUT2D eigenvalue weighted by atomic mass is 10.2. The van der Waals surface area contributed by atoms with Gasteiger partial charge in [0.1, 0.15) is 11.5 Å². The van der Waals surface area contributed by atoms with Crippen LogP contribution in [0, 0.1) is 3.57 Å². The van der Waals surface area contributed by atoms with Crippen LogP contribution < -0.4 is 9.47 Å². The fourth-order valence-electron chi connectivity index (χ4n) is 3.33. The molecule has 184 valence electrons. The number of carbonyl (C=O) groups excluding carboxylic acids is 2. The van der Waals surface area contributed by atoms with Crippen molar-refractivity contribution >= 4 is 63.2 Å². The summed E-state index contributed by atoms with van der Waals surface area (Å²) in [6, 6.07) is 22.7. The van der Waals surface area contributed by atoms with E-state index in [1.807, 2.05) is 72.8 Å². The van der Waals surface area contributed by atoms with Crippen molar-refractivity contribution in [2.75, 3.05) is 20.8 Å². The van der Waals surface area contributed by atoms with Crippen LogP contribution in [0.3, 0.4) is 0 Å². The predicted molar refractivity (Wildman–Crippen MR) is 149 cm³/mol. The molecule has 0 bridgehead atoms. The number of ether oxygens (including phenoxy) is 3. The van der Waals surface area contributed by atoms with Crippen molar-refractivity contribution in [3.8, 4) is 11.5 Å². The van der Waals surface area contributed by atoms with E-state index in [0.717, 1.165) is 26.1 Å². The van der Waals surface area contributed by atoms with Gasteiger partial charge in [0.25, 0.3) is 5.91 Å². The van der Waals surface area contributed by atoms with Gasteiger partial charge < -0.3 is 14.2 Å². The number of para-hydroxylation sites is 1. The zero-order valence-electron chi connectivity index (χ0n) is 19.6. The zero-order valence-corrected chi connectivity index (χ0v) is 22.6. The van der Waals surface area contributed by atoms with E-state index in [1.54, 1.807) is 18.1 Å². The highest BCUT2D eigenvalue weighted by Crippen LogP contribution is 2.36. The van der Waals surface area contributed by atoms with Gasteiger partial charge in [-0.1, -0.05) is 36.4 Å². The number of methoxy groups -OCH3 is 2. The summed E-state index contributed by atoms with van der Waals surface area (Å²) in [6.07, 6.45) is 1.84. The molecule has 3 aromatic carbocycles. The summed E-state index contributed by atoms with van der Waals surface area (Å²) in [5.74, 6) is 0.757. The Labute approximate surface area is 227 Å². The van der Waals surface area contributed by atoms with Crippen LogP contribution in [-0.2, 0) is 20.9 Å². The van der Waals surface area contributed by atoms with Crippen molar-refractivity contribution in [3.63, 3.8) is 0 Å². The number of thioether (sulfide) groups is 1. The minimum atomic E-state index is -0.452. The van der Waals surface area contributed by atoms with Crippen molar-refractivity contribution in [2.45, 2.75) is 6.54 Å². The molecule has 3 aromatic rings. The summed E-state index contributed by atoms with van der Waals surface area (Å²) in [7, 11) is 2.94. The van der Waals surface area contributed by atoms with Gasteiger partial charge in [-0.15, -0.1) is 0 Å². The third kappa shape index (κ3) is 6.46. The summed E-state index contributed by atoms with van der Waals surface area (Å²) in [4.78, 5) is 31.8. The van der Waals surface area contributed by atoms with Crippen LogP contribution in [0.25, 0.3) is 6.08 Å². The number of carbonyl (C=O) groups is 2. The lowest BCUT2D eigenvalue weighted by molar-refractivity contribution is -0.142. The quantitative estimate of drug-likeness (QED) is 0.185. The molecule has 0 radical (unpaired) electrons. The molecule has 36 heavy (non-hydrogen) atoms. The standard InChI is InChI=1S/C27H23IN2O5S/c1-33-21-11-8-18(9-12-21)16-30-26(32)24(36-27(30)29-20-6-4-3-5-7-20)15-19-10-13-23(22(28)14-19)35-17-25(31)34-2/h3-15H,16-17H2,1-2H3/b24-15-,29-27?. The van der Waals surface area contributed by atoms with Gasteiger partial charge in [-0.2, -0.15) is 0 Å². The van der Waals surface area contributed by atoms with Gasteiger partial charge in [-0.05, 0) is 88.0 Å². The molecule has 1 fully saturated rings. The molecule has 1 heterocycles. The maximum absolute atomic E-state index is 13.5. The molecule has 0 aromatic heterocycles. The molecular formula is C27H23IN2O5S. The van der Waals surface area contributed by atoms with Gasteiger partial charge in [-0.25, -0.2) is 9.79 Å². The Morgan fingerprint density at radius 3 is 2.47 bits per heavy atom. The molecule has 0 spiro atoms. The van der Waals surface area contributed by atoms with E-state index in [2.05, 4.69) is 27.3 Å². The van der Waals surface area contributed by atoms with E-state index < -0.39 is 5.97 Å².